The zero-order valence-corrected chi connectivity index (χ0v) is 22.9. The van der Waals surface area contributed by atoms with Gasteiger partial charge in [0.2, 0.25) is 5.88 Å². The third kappa shape index (κ3) is 4.97. The van der Waals surface area contributed by atoms with E-state index in [2.05, 4.69) is 15.3 Å². The van der Waals surface area contributed by atoms with Crippen LogP contribution in [0.5, 0.6) is 11.9 Å². The summed E-state index contributed by atoms with van der Waals surface area (Å²) in [5.74, 6) is -0.479. The van der Waals surface area contributed by atoms with Crippen molar-refractivity contribution in [2.24, 2.45) is 13.0 Å². The molecule has 1 atom stereocenters. The lowest BCUT2D eigenvalue weighted by atomic mass is 9.92. The summed E-state index contributed by atoms with van der Waals surface area (Å²) in [6.45, 7) is 3.88. The van der Waals surface area contributed by atoms with Crippen molar-refractivity contribution in [3.8, 4) is 11.9 Å². The molecule has 0 aliphatic carbocycles. The Labute approximate surface area is 229 Å². The van der Waals surface area contributed by atoms with E-state index in [-0.39, 0.29) is 28.5 Å². The first-order chi connectivity index (χ1) is 18.1. The Morgan fingerprint density at radius 3 is 2.39 bits per heavy atom. The second-order valence-corrected chi connectivity index (χ2v) is 9.70. The predicted octanol–water partition coefficient (Wildman–Crippen LogP) is 4.63. The van der Waals surface area contributed by atoms with Crippen LogP contribution in [0, 0.1) is 11.3 Å². The van der Waals surface area contributed by atoms with E-state index in [0.717, 1.165) is 0 Å². The average molecular weight is 557 g/mol. The number of nitrogens with one attached hydrogen (secondary N) is 2. The zero-order valence-electron chi connectivity index (χ0n) is 21.4. The molecule has 2 aromatic heterocycles. The van der Waals surface area contributed by atoms with Crippen LogP contribution in [-0.2, 0) is 11.8 Å². The van der Waals surface area contributed by atoms with E-state index >= 15 is 0 Å². The summed E-state index contributed by atoms with van der Waals surface area (Å²) in [6, 6.07) is 7.87. The van der Waals surface area contributed by atoms with Crippen molar-refractivity contribution in [3.63, 3.8) is 0 Å². The Kier molecular flexibility index (Phi) is 7.75. The maximum Gasteiger partial charge on any atom is 0.319 e. The minimum atomic E-state index is -0.726. The number of benzene rings is 1. The lowest BCUT2D eigenvalue weighted by Crippen LogP contribution is -2.31. The summed E-state index contributed by atoms with van der Waals surface area (Å²) < 4.78 is 11.8. The van der Waals surface area contributed by atoms with Crippen LogP contribution in [0.1, 0.15) is 25.5 Å². The molecule has 1 amide bonds. The summed E-state index contributed by atoms with van der Waals surface area (Å²) in [4.78, 5) is 35.8. The van der Waals surface area contributed by atoms with E-state index in [4.69, 9.17) is 38.1 Å². The molecular formula is C26H26Cl2N6O4. The topological polar surface area (TPSA) is 122 Å². The van der Waals surface area contributed by atoms with Crippen LogP contribution in [0.15, 0.2) is 58.8 Å². The second kappa shape index (κ2) is 10.8. The smallest absolute Gasteiger partial charge is 0.319 e. The Morgan fingerprint density at radius 2 is 1.82 bits per heavy atom. The Balaban J connectivity index is 1.96. The number of hydrogen-bond acceptors (Lipinski definition) is 8. The molecular weight excluding hydrogens is 531 g/mol. The van der Waals surface area contributed by atoms with Gasteiger partial charge in [-0.15, -0.1) is 0 Å². The summed E-state index contributed by atoms with van der Waals surface area (Å²) >= 11 is 12.4. The summed E-state index contributed by atoms with van der Waals surface area (Å²) in [7, 11) is 4.47. The van der Waals surface area contributed by atoms with E-state index in [1.54, 1.807) is 31.3 Å². The highest BCUT2D eigenvalue weighted by Crippen LogP contribution is 2.43. The molecule has 3 heterocycles. The fourth-order valence-electron chi connectivity index (χ4n) is 4.27. The number of pyridine rings is 1. The number of allylic oxidation sites excluding steroid dienone is 1. The van der Waals surface area contributed by atoms with E-state index in [1.807, 2.05) is 13.8 Å². The highest BCUT2D eigenvalue weighted by atomic mass is 35.5. The van der Waals surface area contributed by atoms with Crippen molar-refractivity contribution in [3.05, 3.63) is 80.0 Å². The molecule has 1 aromatic carbocycles. The Hall–Kier alpha value is -3.89. The standard InChI is InChI=1S/C26H26Cl2N6O4/c1-13(2)21(31-18-11-30-26(38-5)32-23(18)37-4)19-20(29)25(36)34(16-10-17(28)24(35)33(3)12-16)22(19)14-6-8-15(27)9-7-14/h6-13,22,29,31H,1-5H3/b21-19+,29-20?/t22-/m1/s1. The van der Waals surface area contributed by atoms with Crippen LogP contribution < -0.4 is 25.2 Å². The Morgan fingerprint density at radius 1 is 1.13 bits per heavy atom. The number of ether oxygens (including phenoxy) is 2. The van der Waals surface area contributed by atoms with Gasteiger partial charge in [0.1, 0.15) is 16.4 Å². The van der Waals surface area contributed by atoms with Gasteiger partial charge in [-0.25, -0.2) is 4.98 Å². The molecule has 198 valence electrons. The fraction of sp³-hybridized carbons (Fsp3) is 0.269. The van der Waals surface area contributed by atoms with E-state index in [1.165, 1.54) is 42.1 Å². The highest BCUT2D eigenvalue weighted by molar-refractivity contribution is 6.52. The maximum absolute atomic E-state index is 13.7. The van der Waals surface area contributed by atoms with Crippen LogP contribution in [0.3, 0.4) is 0 Å². The van der Waals surface area contributed by atoms with Crippen LogP contribution in [0.4, 0.5) is 11.4 Å². The van der Waals surface area contributed by atoms with Gasteiger partial charge in [0.05, 0.1) is 32.1 Å². The number of carbonyl (C=O) groups excluding carboxylic acids is 1. The van der Waals surface area contributed by atoms with E-state index < -0.39 is 17.5 Å². The molecule has 10 nitrogen and oxygen atoms in total. The van der Waals surface area contributed by atoms with Gasteiger partial charge in [0.15, 0.2) is 0 Å². The average Bonchev–Trinajstić information content (AvgIpc) is 3.15. The minimum absolute atomic E-state index is 0.0426. The zero-order chi connectivity index (χ0) is 27.7. The molecule has 0 unspecified atom stereocenters. The van der Waals surface area contributed by atoms with Crippen molar-refractivity contribution in [1.82, 2.24) is 14.5 Å². The minimum Gasteiger partial charge on any atom is -0.479 e. The van der Waals surface area contributed by atoms with E-state index in [9.17, 15) is 9.59 Å². The largest absolute Gasteiger partial charge is 0.479 e. The summed E-state index contributed by atoms with van der Waals surface area (Å²) in [6.07, 6.45) is 3.03. The van der Waals surface area contributed by atoms with Gasteiger partial charge in [-0.05, 0) is 29.7 Å². The molecule has 2 N–H and O–H groups in total. The van der Waals surface area contributed by atoms with Crippen LogP contribution in [-0.4, -0.2) is 40.4 Å². The number of carbonyl (C=O) groups is 1. The number of anilines is 2. The van der Waals surface area contributed by atoms with Crippen molar-refractivity contribution >= 4 is 46.2 Å². The lowest BCUT2D eigenvalue weighted by Gasteiger charge is -2.28. The molecule has 3 aromatic rings. The molecule has 1 fully saturated rings. The first-order valence-electron chi connectivity index (χ1n) is 11.6. The van der Waals surface area contributed by atoms with Gasteiger partial charge in [-0.2, -0.15) is 4.98 Å². The monoisotopic (exact) mass is 556 g/mol. The molecule has 4 rings (SSSR count). The molecule has 1 aliphatic heterocycles. The van der Waals surface area contributed by atoms with Gasteiger partial charge in [0, 0.05) is 29.5 Å². The van der Waals surface area contributed by atoms with Gasteiger partial charge in [-0.3, -0.25) is 19.9 Å². The van der Waals surface area contributed by atoms with Crippen LogP contribution in [0.25, 0.3) is 0 Å². The van der Waals surface area contributed by atoms with Crippen molar-refractivity contribution in [1.29, 1.82) is 5.41 Å². The molecule has 1 aliphatic rings. The predicted molar refractivity (Wildman–Crippen MR) is 147 cm³/mol. The fourth-order valence-corrected chi connectivity index (χ4v) is 4.64. The molecule has 0 saturated carbocycles. The lowest BCUT2D eigenvalue weighted by molar-refractivity contribution is -0.112. The molecule has 0 spiro atoms. The van der Waals surface area contributed by atoms with Gasteiger partial charge < -0.3 is 19.4 Å². The molecule has 0 radical (unpaired) electrons. The third-order valence-electron chi connectivity index (χ3n) is 6.07. The summed E-state index contributed by atoms with van der Waals surface area (Å²) in [5.41, 5.74) is 1.94. The van der Waals surface area contributed by atoms with Gasteiger partial charge in [0.25, 0.3) is 11.5 Å². The van der Waals surface area contributed by atoms with Crippen molar-refractivity contribution in [2.45, 2.75) is 19.9 Å². The van der Waals surface area contributed by atoms with E-state index in [0.29, 0.717) is 33.2 Å². The SMILES string of the molecule is COc1ncc(N/C(=C2\C(=N)C(=O)N(c3cc(Cl)c(=O)n(C)c3)[C@@H]2c2ccc(Cl)cc2)C(C)C)c(OC)n1. The molecule has 12 heteroatoms. The molecule has 38 heavy (non-hydrogen) atoms. The third-order valence-corrected chi connectivity index (χ3v) is 6.59. The number of methoxy groups -OCH3 is 2. The highest BCUT2D eigenvalue weighted by Gasteiger charge is 2.44. The molecule has 1 saturated heterocycles. The first kappa shape index (κ1) is 27.2. The number of nitrogens with zero attached hydrogens (tertiary/aromatic N) is 4. The quantitative estimate of drug-likeness (QED) is 0.434. The maximum atomic E-state index is 13.7. The van der Waals surface area contributed by atoms with Crippen molar-refractivity contribution < 1.29 is 14.3 Å². The molecule has 0 bridgehead atoms. The van der Waals surface area contributed by atoms with Crippen molar-refractivity contribution in [2.75, 3.05) is 24.4 Å². The Bertz CT molecular complexity index is 1470. The number of aromatic nitrogens is 3. The van der Waals surface area contributed by atoms with Crippen LogP contribution in [0.2, 0.25) is 10.0 Å². The van der Waals surface area contributed by atoms with Gasteiger partial charge >= 0.3 is 6.01 Å². The number of hydrogen-bond donors (Lipinski definition) is 2. The normalized spacial score (nSPS) is 16.7. The number of halogens is 2. The van der Waals surface area contributed by atoms with Crippen LogP contribution >= 0.6 is 23.2 Å². The number of aryl methyl sites for hydroxylation is 1. The first-order valence-corrected chi connectivity index (χ1v) is 12.3. The second-order valence-electron chi connectivity index (χ2n) is 8.85. The number of rotatable bonds is 7. The van der Waals surface area contributed by atoms with Gasteiger partial charge in [-0.1, -0.05) is 49.2 Å². The summed E-state index contributed by atoms with van der Waals surface area (Å²) in [5, 5.41) is 12.7. The number of amides is 1.